The predicted octanol–water partition coefficient (Wildman–Crippen LogP) is 4.90. The van der Waals surface area contributed by atoms with E-state index in [1.54, 1.807) is 0 Å². The van der Waals surface area contributed by atoms with Gasteiger partial charge in [0, 0.05) is 22.7 Å². The minimum absolute atomic E-state index is 0.00987. The van der Waals surface area contributed by atoms with E-state index < -0.39 is 22.1 Å². The van der Waals surface area contributed by atoms with Crippen LogP contribution in [-0.4, -0.2) is 30.0 Å². The second-order valence-electron chi connectivity index (χ2n) is 6.54. The van der Waals surface area contributed by atoms with Crippen molar-refractivity contribution in [2.24, 2.45) is 0 Å². The Balaban J connectivity index is 1.68. The molecule has 0 fully saturated rings. The van der Waals surface area contributed by atoms with Gasteiger partial charge in [-0.05, 0) is 36.4 Å². The smallest absolute Gasteiger partial charge is 0.455 e. The van der Waals surface area contributed by atoms with Crippen LogP contribution in [-0.2, 0) is 10.0 Å². The Bertz CT molecular complexity index is 1450. The van der Waals surface area contributed by atoms with E-state index in [1.807, 2.05) is 6.07 Å². The van der Waals surface area contributed by atoms with Crippen LogP contribution in [0.1, 0.15) is 5.56 Å². The molecule has 9 nitrogen and oxygen atoms in total. The number of halogens is 3. The van der Waals surface area contributed by atoms with Gasteiger partial charge >= 0.3 is 6.36 Å². The fourth-order valence-corrected chi connectivity index (χ4v) is 4.43. The first-order chi connectivity index (χ1) is 16.1. The SMILES string of the molecule is N#Cc1cc(S(=O)(=O)Nc2cscn2)ccc1Oc1ccc(OC(F)(F)F)cc1-c1cn[nH]c1. The van der Waals surface area contributed by atoms with E-state index >= 15 is 0 Å². The highest BCUT2D eigenvalue weighted by atomic mass is 32.2. The topological polar surface area (TPSA) is 130 Å². The number of nitrogens with zero attached hydrogens (tertiary/aromatic N) is 3. The van der Waals surface area contributed by atoms with Gasteiger partial charge in [0.1, 0.15) is 23.3 Å². The van der Waals surface area contributed by atoms with Gasteiger partial charge in [-0.2, -0.15) is 10.4 Å². The Morgan fingerprint density at radius 3 is 2.59 bits per heavy atom. The summed E-state index contributed by atoms with van der Waals surface area (Å²) in [5.74, 6) is -0.270. The average Bonchev–Trinajstić information content (AvgIpc) is 3.48. The standard InChI is InChI=1S/C20H12F3N5O4S2/c21-20(22,23)32-14-1-3-18(16(6-14)13-8-26-27-9-13)31-17-4-2-15(5-12(17)7-24)34(29,30)28-19-10-33-11-25-19/h1-6,8-11,28H,(H,26,27). The lowest BCUT2D eigenvalue weighted by Gasteiger charge is -2.15. The average molecular weight is 507 g/mol. The lowest BCUT2D eigenvalue weighted by atomic mass is 10.1. The van der Waals surface area contributed by atoms with Crippen LogP contribution in [0.4, 0.5) is 19.0 Å². The number of aromatic nitrogens is 3. The number of hydrogen-bond acceptors (Lipinski definition) is 8. The number of H-pyrrole nitrogens is 1. The molecule has 0 bridgehead atoms. The van der Waals surface area contributed by atoms with Gasteiger partial charge in [-0.15, -0.1) is 24.5 Å². The molecule has 4 aromatic rings. The number of anilines is 1. The van der Waals surface area contributed by atoms with Gasteiger partial charge in [-0.25, -0.2) is 13.4 Å². The Labute approximate surface area is 194 Å². The summed E-state index contributed by atoms with van der Waals surface area (Å²) in [5, 5.41) is 17.4. The first-order valence-corrected chi connectivity index (χ1v) is 11.6. The zero-order chi connectivity index (χ0) is 24.3. The fourth-order valence-electron chi connectivity index (χ4n) is 2.85. The van der Waals surface area contributed by atoms with Crippen LogP contribution in [0.2, 0.25) is 0 Å². The second kappa shape index (κ2) is 9.04. The maximum Gasteiger partial charge on any atom is 0.573 e. The Hall–Kier alpha value is -4.09. The van der Waals surface area contributed by atoms with Crippen LogP contribution in [0.15, 0.2) is 64.6 Å². The molecule has 2 aromatic carbocycles. The molecule has 34 heavy (non-hydrogen) atoms. The summed E-state index contributed by atoms with van der Waals surface area (Å²) >= 11 is 1.20. The fraction of sp³-hybridized carbons (Fsp3) is 0.0500. The highest BCUT2D eigenvalue weighted by Gasteiger charge is 2.31. The number of nitriles is 1. The Morgan fingerprint density at radius 2 is 1.94 bits per heavy atom. The number of hydrogen-bond donors (Lipinski definition) is 2. The van der Waals surface area contributed by atoms with E-state index in [9.17, 15) is 26.9 Å². The van der Waals surface area contributed by atoms with E-state index in [-0.39, 0.29) is 33.3 Å². The van der Waals surface area contributed by atoms with Gasteiger partial charge in [0.25, 0.3) is 10.0 Å². The number of nitrogens with one attached hydrogen (secondary N) is 2. The summed E-state index contributed by atoms with van der Waals surface area (Å²) < 4.78 is 75.2. The van der Waals surface area contributed by atoms with Crippen molar-refractivity contribution in [1.82, 2.24) is 15.2 Å². The summed E-state index contributed by atoms with van der Waals surface area (Å²) in [4.78, 5) is 3.66. The predicted molar refractivity (Wildman–Crippen MR) is 115 cm³/mol. The number of benzene rings is 2. The number of ether oxygens (including phenoxy) is 2. The summed E-state index contributed by atoms with van der Waals surface area (Å²) in [7, 11) is -4.02. The molecule has 0 aliphatic rings. The molecule has 174 valence electrons. The maximum atomic E-state index is 12.6. The maximum absolute atomic E-state index is 12.6. The molecule has 14 heteroatoms. The van der Waals surface area contributed by atoms with Crippen molar-refractivity contribution < 1.29 is 31.1 Å². The van der Waals surface area contributed by atoms with Crippen molar-refractivity contribution in [3.05, 3.63) is 65.2 Å². The number of alkyl halides is 3. The molecule has 0 saturated carbocycles. The van der Waals surface area contributed by atoms with Gasteiger partial charge in [0.05, 0.1) is 22.2 Å². The van der Waals surface area contributed by atoms with Crippen molar-refractivity contribution in [3.63, 3.8) is 0 Å². The molecule has 0 aliphatic heterocycles. The summed E-state index contributed by atoms with van der Waals surface area (Å²) in [5.41, 5.74) is 1.93. The molecule has 2 N–H and O–H groups in total. The molecule has 0 spiro atoms. The first kappa shape index (κ1) is 23.1. The molecule has 2 heterocycles. The van der Waals surface area contributed by atoms with E-state index in [4.69, 9.17) is 4.74 Å². The molecular weight excluding hydrogens is 495 g/mol. The van der Waals surface area contributed by atoms with E-state index in [0.29, 0.717) is 5.56 Å². The molecule has 0 unspecified atom stereocenters. The highest BCUT2D eigenvalue weighted by Crippen LogP contribution is 2.38. The summed E-state index contributed by atoms with van der Waals surface area (Å²) in [6.07, 6.45) is -2.09. The summed E-state index contributed by atoms with van der Waals surface area (Å²) in [6, 6.07) is 8.87. The Kier molecular flexibility index (Phi) is 6.14. The van der Waals surface area contributed by atoms with Crippen LogP contribution >= 0.6 is 11.3 Å². The van der Waals surface area contributed by atoms with Crippen molar-refractivity contribution >= 4 is 27.2 Å². The van der Waals surface area contributed by atoms with Crippen LogP contribution in [0.5, 0.6) is 17.2 Å². The van der Waals surface area contributed by atoms with Crippen molar-refractivity contribution in [2.75, 3.05) is 4.72 Å². The van der Waals surface area contributed by atoms with Gasteiger partial charge in [0.15, 0.2) is 5.82 Å². The molecule has 0 atom stereocenters. The van der Waals surface area contributed by atoms with Crippen molar-refractivity contribution in [3.8, 4) is 34.4 Å². The zero-order valence-corrected chi connectivity index (χ0v) is 18.3. The number of thiazole rings is 1. The molecule has 2 aromatic heterocycles. The largest absolute Gasteiger partial charge is 0.573 e. The summed E-state index contributed by atoms with van der Waals surface area (Å²) in [6.45, 7) is 0. The van der Waals surface area contributed by atoms with Crippen LogP contribution in [0.25, 0.3) is 11.1 Å². The molecule has 0 aliphatic carbocycles. The lowest BCUT2D eigenvalue weighted by Crippen LogP contribution is -2.17. The van der Waals surface area contributed by atoms with Gasteiger partial charge in [-0.1, -0.05) is 0 Å². The quantitative estimate of drug-likeness (QED) is 0.364. The minimum atomic E-state index is -4.89. The van der Waals surface area contributed by atoms with E-state index in [0.717, 1.165) is 18.2 Å². The van der Waals surface area contributed by atoms with E-state index in [2.05, 4.69) is 24.6 Å². The third-order valence-corrected chi connectivity index (χ3v) is 6.21. The monoisotopic (exact) mass is 507 g/mol. The molecule has 0 amide bonds. The number of aromatic amines is 1. The first-order valence-electron chi connectivity index (χ1n) is 9.16. The third kappa shape index (κ3) is 5.27. The van der Waals surface area contributed by atoms with Crippen molar-refractivity contribution in [1.29, 1.82) is 5.26 Å². The highest BCUT2D eigenvalue weighted by molar-refractivity contribution is 7.92. The second-order valence-corrected chi connectivity index (χ2v) is 8.94. The number of sulfonamides is 1. The van der Waals surface area contributed by atoms with Gasteiger partial charge in [-0.3, -0.25) is 9.82 Å². The zero-order valence-electron chi connectivity index (χ0n) is 16.7. The van der Waals surface area contributed by atoms with Gasteiger partial charge < -0.3 is 9.47 Å². The van der Waals surface area contributed by atoms with Crippen LogP contribution < -0.4 is 14.2 Å². The van der Waals surface area contributed by atoms with E-state index in [1.165, 1.54) is 52.8 Å². The molecule has 4 rings (SSSR count). The molecule has 0 saturated heterocycles. The number of rotatable bonds is 7. The van der Waals surface area contributed by atoms with Crippen LogP contribution in [0, 0.1) is 11.3 Å². The van der Waals surface area contributed by atoms with Crippen molar-refractivity contribution in [2.45, 2.75) is 11.3 Å². The van der Waals surface area contributed by atoms with Crippen LogP contribution in [0.3, 0.4) is 0 Å². The molecule has 0 radical (unpaired) electrons. The Morgan fingerprint density at radius 1 is 1.15 bits per heavy atom. The normalized spacial score (nSPS) is 11.6. The third-order valence-electron chi connectivity index (χ3n) is 4.27. The van der Waals surface area contributed by atoms with Gasteiger partial charge in [0.2, 0.25) is 0 Å². The minimum Gasteiger partial charge on any atom is -0.455 e. The molecular formula is C20H12F3N5O4S2. The lowest BCUT2D eigenvalue weighted by molar-refractivity contribution is -0.274.